The third-order valence-corrected chi connectivity index (χ3v) is 1.07. The SMILES string of the molecule is COC(=O)n1cc(C#N)cn1. The molecule has 0 saturated carbocycles. The minimum absolute atomic E-state index is 0.329. The van der Waals surface area contributed by atoms with E-state index in [1.165, 1.54) is 19.5 Å². The highest BCUT2D eigenvalue weighted by atomic mass is 16.5. The molecule has 0 spiro atoms. The van der Waals surface area contributed by atoms with Crippen LogP contribution in [0.5, 0.6) is 0 Å². The van der Waals surface area contributed by atoms with Crippen LogP contribution in [0.1, 0.15) is 5.56 Å². The third-order valence-electron chi connectivity index (χ3n) is 1.07. The van der Waals surface area contributed by atoms with Gasteiger partial charge in [-0.1, -0.05) is 0 Å². The van der Waals surface area contributed by atoms with Gasteiger partial charge in [-0.15, -0.1) is 0 Å². The molecule has 0 aliphatic heterocycles. The standard InChI is InChI=1S/C6H5N3O2/c1-11-6(10)9-4-5(2-7)3-8-9/h3-4H,1H3. The van der Waals surface area contributed by atoms with E-state index < -0.39 is 6.09 Å². The fourth-order valence-corrected chi connectivity index (χ4v) is 0.574. The van der Waals surface area contributed by atoms with Crippen LogP contribution in [0.2, 0.25) is 0 Å². The number of methoxy groups -OCH3 is 1. The van der Waals surface area contributed by atoms with Crippen molar-refractivity contribution < 1.29 is 9.53 Å². The number of carbonyl (C=O) groups is 1. The van der Waals surface area contributed by atoms with Gasteiger partial charge in [0.2, 0.25) is 0 Å². The summed E-state index contributed by atoms with van der Waals surface area (Å²) in [6, 6.07) is 1.84. The molecule has 0 unspecified atom stereocenters. The summed E-state index contributed by atoms with van der Waals surface area (Å²) in [7, 11) is 1.25. The van der Waals surface area contributed by atoms with Gasteiger partial charge in [-0.3, -0.25) is 0 Å². The first-order chi connectivity index (χ1) is 5.27. The molecular weight excluding hydrogens is 146 g/mol. The predicted octanol–water partition coefficient (Wildman–Crippen LogP) is 0.369. The molecule has 1 aromatic heterocycles. The molecule has 11 heavy (non-hydrogen) atoms. The first-order valence-corrected chi connectivity index (χ1v) is 2.81. The zero-order chi connectivity index (χ0) is 8.27. The monoisotopic (exact) mass is 151 g/mol. The summed E-state index contributed by atoms with van der Waals surface area (Å²) >= 11 is 0. The van der Waals surface area contributed by atoms with Crippen LogP contribution in [0, 0.1) is 11.3 Å². The van der Waals surface area contributed by atoms with E-state index in [0.29, 0.717) is 5.56 Å². The summed E-state index contributed by atoms with van der Waals surface area (Å²) in [6.07, 6.45) is 1.98. The zero-order valence-corrected chi connectivity index (χ0v) is 5.81. The van der Waals surface area contributed by atoms with E-state index in [1.54, 1.807) is 0 Å². The number of rotatable bonds is 0. The van der Waals surface area contributed by atoms with E-state index in [-0.39, 0.29) is 0 Å². The lowest BCUT2D eigenvalue weighted by Crippen LogP contribution is -2.11. The molecule has 0 aliphatic carbocycles. The van der Waals surface area contributed by atoms with E-state index in [0.717, 1.165) is 4.68 Å². The van der Waals surface area contributed by atoms with Crippen molar-refractivity contribution in [1.82, 2.24) is 9.78 Å². The number of nitriles is 1. The molecule has 1 aromatic rings. The van der Waals surface area contributed by atoms with Gasteiger partial charge >= 0.3 is 6.09 Å². The van der Waals surface area contributed by atoms with Crippen molar-refractivity contribution >= 4 is 6.09 Å². The van der Waals surface area contributed by atoms with Crippen LogP contribution in [-0.2, 0) is 4.74 Å². The van der Waals surface area contributed by atoms with Crippen molar-refractivity contribution in [3.8, 4) is 6.07 Å². The average Bonchev–Trinajstić information content (AvgIpc) is 2.50. The molecule has 5 heteroatoms. The number of hydrogen-bond donors (Lipinski definition) is 0. The van der Waals surface area contributed by atoms with Crippen molar-refractivity contribution in [2.45, 2.75) is 0 Å². The summed E-state index contributed by atoms with van der Waals surface area (Å²) in [5, 5.41) is 11.9. The van der Waals surface area contributed by atoms with E-state index >= 15 is 0 Å². The number of carbonyl (C=O) groups excluding carboxylic acids is 1. The summed E-state index contributed by atoms with van der Waals surface area (Å²) in [4.78, 5) is 10.7. The Morgan fingerprint density at radius 1 is 1.91 bits per heavy atom. The topological polar surface area (TPSA) is 67.9 Å². The molecule has 0 saturated heterocycles. The summed E-state index contributed by atoms with van der Waals surface area (Å²) in [5.74, 6) is 0. The highest BCUT2D eigenvalue weighted by Gasteiger charge is 2.04. The van der Waals surface area contributed by atoms with Crippen LogP contribution in [-0.4, -0.2) is 23.0 Å². The zero-order valence-electron chi connectivity index (χ0n) is 5.81. The first-order valence-electron chi connectivity index (χ1n) is 2.81. The highest BCUT2D eigenvalue weighted by molar-refractivity contribution is 5.69. The third kappa shape index (κ3) is 1.35. The second-order valence-electron chi connectivity index (χ2n) is 1.76. The van der Waals surface area contributed by atoms with Crippen LogP contribution < -0.4 is 0 Å². The maximum atomic E-state index is 10.7. The van der Waals surface area contributed by atoms with Crippen LogP contribution in [0.4, 0.5) is 4.79 Å². The van der Waals surface area contributed by atoms with Gasteiger partial charge in [0.15, 0.2) is 0 Å². The van der Waals surface area contributed by atoms with Crippen LogP contribution in [0.25, 0.3) is 0 Å². The van der Waals surface area contributed by atoms with Crippen molar-refractivity contribution in [3.05, 3.63) is 18.0 Å². The Hall–Kier alpha value is -1.83. The molecular formula is C6H5N3O2. The molecule has 0 radical (unpaired) electrons. The van der Waals surface area contributed by atoms with Gasteiger partial charge in [-0.25, -0.2) is 4.79 Å². The Bertz CT molecular complexity index is 310. The highest BCUT2D eigenvalue weighted by Crippen LogP contribution is 1.94. The average molecular weight is 151 g/mol. The Morgan fingerprint density at radius 2 is 2.64 bits per heavy atom. The van der Waals surface area contributed by atoms with Crippen LogP contribution >= 0.6 is 0 Å². The lowest BCUT2D eigenvalue weighted by molar-refractivity contribution is 0.169. The smallest absolute Gasteiger partial charge is 0.434 e. The molecule has 0 fully saturated rings. The quantitative estimate of drug-likeness (QED) is 0.537. The first kappa shape index (κ1) is 7.28. The Morgan fingerprint density at radius 3 is 3.09 bits per heavy atom. The molecule has 0 amide bonds. The normalized spacial score (nSPS) is 8.73. The van der Waals surface area contributed by atoms with E-state index in [2.05, 4.69) is 9.84 Å². The van der Waals surface area contributed by atoms with Gasteiger partial charge in [-0.05, 0) is 0 Å². The van der Waals surface area contributed by atoms with Crippen molar-refractivity contribution in [2.24, 2.45) is 0 Å². The Labute approximate surface area is 62.8 Å². The van der Waals surface area contributed by atoms with Gasteiger partial charge in [0.25, 0.3) is 0 Å². The van der Waals surface area contributed by atoms with E-state index in [4.69, 9.17) is 5.26 Å². The van der Waals surface area contributed by atoms with E-state index in [1.807, 2.05) is 6.07 Å². The van der Waals surface area contributed by atoms with Crippen LogP contribution in [0.15, 0.2) is 12.4 Å². The Balaban J connectivity index is 2.91. The second kappa shape index (κ2) is 2.84. The maximum Gasteiger partial charge on any atom is 0.434 e. The molecule has 1 rings (SSSR count). The molecule has 56 valence electrons. The lowest BCUT2D eigenvalue weighted by atomic mass is 10.4. The molecule has 1 heterocycles. The minimum Gasteiger partial charge on any atom is -0.451 e. The fraction of sp³-hybridized carbons (Fsp3) is 0.167. The van der Waals surface area contributed by atoms with Crippen molar-refractivity contribution in [2.75, 3.05) is 7.11 Å². The molecule has 0 aliphatic rings. The Kier molecular flexibility index (Phi) is 1.88. The molecule has 0 aromatic carbocycles. The largest absolute Gasteiger partial charge is 0.451 e. The number of ether oxygens (including phenoxy) is 1. The summed E-state index contributed by atoms with van der Waals surface area (Å²) < 4.78 is 5.30. The minimum atomic E-state index is -0.605. The number of nitrogens with zero attached hydrogens (tertiary/aromatic N) is 3. The maximum absolute atomic E-state index is 10.7. The number of hydrogen-bond acceptors (Lipinski definition) is 4. The van der Waals surface area contributed by atoms with Gasteiger partial charge in [-0.2, -0.15) is 15.0 Å². The van der Waals surface area contributed by atoms with Crippen LogP contribution in [0.3, 0.4) is 0 Å². The molecule has 0 bridgehead atoms. The van der Waals surface area contributed by atoms with Crippen molar-refractivity contribution in [1.29, 1.82) is 5.26 Å². The van der Waals surface area contributed by atoms with Gasteiger partial charge in [0.1, 0.15) is 6.07 Å². The molecule has 0 N–H and O–H groups in total. The van der Waals surface area contributed by atoms with Gasteiger partial charge in [0.05, 0.1) is 25.1 Å². The predicted molar refractivity (Wildman–Crippen MR) is 34.7 cm³/mol. The summed E-state index contributed by atoms with van der Waals surface area (Å²) in [5.41, 5.74) is 0.329. The molecule has 0 atom stereocenters. The lowest BCUT2D eigenvalue weighted by Gasteiger charge is -1.94. The second-order valence-corrected chi connectivity index (χ2v) is 1.76. The van der Waals surface area contributed by atoms with Gasteiger partial charge in [0, 0.05) is 0 Å². The fourth-order valence-electron chi connectivity index (χ4n) is 0.574. The van der Waals surface area contributed by atoms with E-state index in [9.17, 15) is 4.79 Å². The molecule has 5 nitrogen and oxygen atoms in total. The number of aromatic nitrogens is 2. The summed E-state index contributed by atoms with van der Waals surface area (Å²) in [6.45, 7) is 0. The van der Waals surface area contributed by atoms with Gasteiger partial charge < -0.3 is 4.74 Å². The van der Waals surface area contributed by atoms with Crippen molar-refractivity contribution in [3.63, 3.8) is 0 Å².